The van der Waals surface area contributed by atoms with Gasteiger partial charge in [0, 0.05) is 29.4 Å². The minimum Gasteiger partial charge on any atom is -0.349 e. The zero-order valence-corrected chi connectivity index (χ0v) is 14.1. The van der Waals surface area contributed by atoms with E-state index in [4.69, 9.17) is 11.6 Å². The number of aryl methyl sites for hydroxylation is 1. The van der Waals surface area contributed by atoms with E-state index in [0.29, 0.717) is 11.4 Å². The Kier molecular flexibility index (Phi) is 5.78. The van der Waals surface area contributed by atoms with Crippen molar-refractivity contribution in [2.45, 2.75) is 39.7 Å². The van der Waals surface area contributed by atoms with Crippen molar-refractivity contribution in [2.75, 3.05) is 11.4 Å². The minimum absolute atomic E-state index is 0.179. The van der Waals surface area contributed by atoms with Crippen LogP contribution >= 0.6 is 11.6 Å². The van der Waals surface area contributed by atoms with Crippen molar-refractivity contribution in [2.24, 2.45) is 0 Å². The molecule has 22 heavy (non-hydrogen) atoms. The van der Waals surface area contributed by atoms with Crippen LogP contribution in [0.4, 0.5) is 10.2 Å². The first-order chi connectivity index (χ1) is 10.7. The molecule has 1 unspecified atom stereocenters. The van der Waals surface area contributed by atoms with Crippen LogP contribution in [0.1, 0.15) is 43.9 Å². The molecular formula is C18H22ClFN2. The summed E-state index contributed by atoms with van der Waals surface area (Å²) in [5.74, 6) is 0.482. The predicted octanol–water partition coefficient (Wildman–Crippen LogP) is 5.55. The Hall–Kier alpha value is -1.61. The fraction of sp³-hybridized carbons (Fsp3) is 0.389. The zero-order valence-electron chi connectivity index (χ0n) is 13.3. The van der Waals surface area contributed by atoms with Crippen LogP contribution in [0.2, 0.25) is 5.02 Å². The van der Waals surface area contributed by atoms with Gasteiger partial charge >= 0.3 is 0 Å². The van der Waals surface area contributed by atoms with Gasteiger partial charge in [-0.25, -0.2) is 9.37 Å². The van der Waals surface area contributed by atoms with E-state index in [0.717, 1.165) is 30.0 Å². The Labute approximate surface area is 136 Å². The Morgan fingerprint density at radius 1 is 1.27 bits per heavy atom. The van der Waals surface area contributed by atoms with E-state index in [2.05, 4.69) is 9.88 Å². The van der Waals surface area contributed by atoms with Crippen molar-refractivity contribution in [3.8, 4) is 0 Å². The summed E-state index contributed by atoms with van der Waals surface area (Å²) in [6.45, 7) is 6.60. The van der Waals surface area contributed by atoms with Crippen molar-refractivity contribution in [1.82, 2.24) is 4.98 Å². The van der Waals surface area contributed by atoms with Crippen molar-refractivity contribution in [3.05, 3.63) is 58.5 Å². The van der Waals surface area contributed by atoms with Gasteiger partial charge in [0.25, 0.3) is 0 Å². The number of rotatable bonds is 2. The Bertz CT molecular complexity index is 630. The molecule has 2 aromatic rings. The third-order valence-electron chi connectivity index (χ3n) is 3.83. The number of halogens is 2. The molecule has 1 atom stereocenters. The fourth-order valence-electron chi connectivity index (χ4n) is 2.76. The predicted molar refractivity (Wildman–Crippen MR) is 91.1 cm³/mol. The van der Waals surface area contributed by atoms with Gasteiger partial charge in [0.1, 0.15) is 11.6 Å². The van der Waals surface area contributed by atoms with E-state index in [9.17, 15) is 4.39 Å². The molecule has 0 radical (unpaired) electrons. The first kappa shape index (κ1) is 16.8. The van der Waals surface area contributed by atoms with E-state index in [-0.39, 0.29) is 11.9 Å². The molecule has 4 heteroatoms. The highest BCUT2D eigenvalue weighted by molar-refractivity contribution is 6.31. The molecule has 118 valence electrons. The average Bonchev–Trinajstić information content (AvgIpc) is 3.02. The molecule has 1 aliphatic heterocycles. The van der Waals surface area contributed by atoms with Gasteiger partial charge < -0.3 is 4.90 Å². The van der Waals surface area contributed by atoms with E-state index >= 15 is 0 Å². The van der Waals surface area contributed by atoms with Crippen LogP contribution in [0.3, 0.4) is 0 Å². The minimum atomic E-state index is -0.209. The summed E-state index contributed by atoms with van der Waals surface area (Å²) >= 11 is 6.29. The van der Waals surface area contributed by atoms with Crippen molar-refractivity contribution >= 4 is 17.4 Å². The summed E-state index contributed by atoms with van der Waals surface area (Å²) in [6, 6.07) is 9.55. The lowest BCUT2D eigenvalue weighted by molar-refractivity contribution is 0.612. The topological polar surface area (TPSA) is 16.1 Å². The summed E-state index contributed by atoms with van der Waals surface area (Å²) in [5, 5.41) is 0.761. The highest BCUT2D eigenvalue weighted by Crippen LogP contribution is 2.38. The molecule has 1 aromatic carbocycles. The Morgan fingerprint density at radius 3 is 2.68 bits per heavy atom. The first-order valence-corrected chi connectivity index (χ1v) is 8.18. The standard InChI is InChI=1S/C16H16ClFN2.C2H6/c1-11-10-19-16(9-14(11)18)20-8-4-7-15(20)12-5-2-3-6-13(12)17;1-2/h2-3,5-6,9-10,15H,4,7-8H2,1H3;1-2H3. The molecule has 1 saturated heterocycles. The Balaban J connectivity index is 0.000000847. The molecule has 0 spiro atoms. The second kappa shape index (κ2) is 7.59. The van der Waals surface area contributed by atoms with Gasteiger partial charge in [0.05, 0.1) is 6.04 Å². The first-order valence-electron chi connectivity index (χ1n) is 7.80. The summed E-state index contributed by atoms with van der Waals surface area (Å²) < 4.78 is 13.7. The quantitative estimate of drug-likeness (QED) is 0.721. The molecule has 0 aliphatic carbocycles. The lowest BCUT2D eigenvalue weighted by Gasteiger charge is -2.27. The maximum absolute atomic E-state index is 13.7. The maximum atomic E-state index is 13.7. The monoisotopic (exact) mass is 320 g/mol. The number of hydrogen-bond donors (Lipinski definition) is 0. The fourth-order valence-corrected chi connectivity index (χ4v) is 3.02. The van der Waals surface area contributed by atoms with Gasteiger partial charge in [-0.05, 0) is 31.4 Å². The van der Waals surface area contributed by atoms with E-state index in [1.54, 1.807) is 13.1 Å². The van der Waals surface area contributed by atoms with E-state index in [1.165, 1.54) is 6.07 Å². The molecule has 2 heterocycles. The second-order valence-electron chi connectivity index (χ2n) is 5.16. The number of aromatic nitrogens is 1. The molecule has 3 rings (SSSR count). The summed E-state index contributed by atoms with van der Waals surface area (Å²) in [6.07, 6.45) is 3.67. The lowest BCUT2D eigenvalue weighted by Crippen LogP contribution is -2.24. The molecule has 1 aromatic heterocycles. The summed E-state index contributed by atoms with van der Waals surface area (Å²) in [5.41, 5.74) is 1.66. The maximum Gasteiger partial charge on any atom is 0.131 e. The van der Waals surface area contributed by atoms with Crippen LogP contribution in [0.15, 0.2) is 36.5 Å². The van der Waals surface area contributed by atoms with Crippen LogP contribution in [-0.4, -0.2) is 11.5 Å². The van der Waals surface area contributed by atoms with Crippen LogP contribution in [0.5, 0.6) is 0 Å². The third kappa shape index (κ3) is 3.41. The van der Waals surface area contributed by atoms with Crippen LogP contribution < -0.4 is 4.90 Å². The van der Waals surface area contributed by atoms with Gasteiger partial charge in [0.15, 0.2) is 0 Å². The molecule has 2 nitrogen and oxygen atoms in total. The van der Waals surface area contributed by atoms with Crippen LogP contribution in [0.25, 0.3) is 0 Å². The van der Waals surface area contributed by atoms with Gasteiger partial charge in [-0.2, -0.15) is 0 Å². The molecule has 1 aliphatic rings. The molecule has 0 amide bonds. The summed E-state index contributed by atoms with van der Waals surface area (Å²) in [4.78, 5) is 6.51. The van der Waals surface area contributed by atoms with Crippen molar-refractivity contribution in [3.63, 3.8) is 0 Å². The van der Waals surface area contributed by atoms with Gasteiger partial charge in [-0.3, -0.25) is 0 Å². The number of benzene rings is 1. The highest BCUT2D eigenvalue weighted by Gasteiger charge is 2.28. The molecule has 1 fully saturated rings. The SMILES string of the molecule is CC.Cc1cnc(N2CCCC2c2ccccc2Cl)cc1F. The molecular weight excluding hydrogens is 299 g/mol. The number of pyridine rings is 1. The molecule has 0 bridgehead atoms. The summed E-state index contributed by atoms with van der Waals surface area (Å²) in [7, 11) is 0. The lowest BCUT2D eigenvalue weighted by atomic mass is 10.0. The average molecular weight is 321 g/mol. The van der Waals surface area contributed by atoms with Crippen LogP contribution in [-0.2, 0) is 0 Å². The van der Waals surface area contributed by atoms with Crippen LogP contribution in [0, 0.1) is 12.7 Å². The normalized spacial score (nSPS) is 17.1. The number of anilines is 1. The number of hydrogen-bond acceptors (Lipinski definition) is 2. The number of nitrogens with zero attached hydrogens (tertiary/aromatic N) is 2. The van der Waals surface area contributed by atoms with Crippen molar-refractivity contribution in [1.29, 1.82) is 0 Å². The molecule has 0 N–H and O–H groups in total. The smallest absolute Gasteiger partial charge is 0.131 e. The molecule has 0 saturated carbocycles. The van der Waals surface area contributed by atoms with E-state index in [1.807, 2.05) is 38.1 Å². The zero-order chi connectivity index (χ0) is 16.1. The van der Waals surface area contributed by atoms with Crippen molar-refractivity contribution < 1.29 is 4.39 Å². The second-order valence-corrected chi connectivity index (χ2v) is 5.57. The van der Waals surface area contributed by atoms with Gasteiger partial charge in [-0.1, -0.05) is 43.6 Å². The Morgan fingerprint density at radius 2 is 2.00 bits per heavy atom. The van der Waals surface area contributed by atoms with Gasteiger partial charge in [-0.15, -0.1) is 0 Å². The highest BCUT2D eigenvalue weighted by atomic mass is 35.5. The van der Waals surface area contributed by atoms with Gasteiger partial charge in [0.2, 0.25) is 0 Å². The third-order valence-corrected chi connectivity index (χ3v) is 4.18. The van der Waals surface area contributed by atoms with E-state index < -0.39 is 0 Å². The largest absolute Gasteiger partial charge is 0.349 e.